The molecule has 0 bridgehead atoms. The Bertz CT molecular complexity index is 304. The first-order chi connectivity index (χ1) is 5.95. The van der Waals surface area contributed by atoms with Crippen molar-refractivity contribution in [3.63, 3.8) is 0 Å². The predicted molar refractivity (Wildman–Crippen MR) is 53.5 cm³/mol. The lowest BCUT2D eigenvalue weighted by Crippen LogP contribution is -2.07. The molecule has 0 aromatic heterocycles. The zero-order valence-electron chi connectivity index (χ0n) is 6.95. The Kier molecular flexibility index (Phi) is 3.21. The van der Waals surface area contributed by atoms with Crippen LogP contribution in [0.15, 0.2) is 18.2 Å². The highest BCUT2D eigenvalue weighted by molar-refractivity contribution is 14.1. The van der Waals surface area contributed by atoms with Crippen LogP contribution in [0, 0.1) is 3.57 Å². The highest BCUT2D eigenvalue weighted by Crippen LogP contribution is 2.33. The van der Waals surface area contributed by atoms with Gasteiger partial charge in [0.1, 0.15) is 0 Å². The summed E-state index contributed by atoms with van der Waals surface area (Å²) in [6, 6.07) is 4.23. The number of halogens is 4. The molecule has 0 aliphatic carbocycles. The van der Waals surface area contributed by atoms with Crippen LogP contribution in [0.2, 0.25) is 0 Å². The summed E-state index contributed by atoms with van der Waals surface area (Å²) in [6.07, 6.45) is -3.48. The molecule has 0 spiro atoms. The summed E-state index contributed by atoms with van der Waals surface area (Å²) in [5, 5.41) is 0. The molecule has 1 aromatic carbocycles. The van der Waals surface area contributed by atoms with Crippen LogP contribution in [0.1, 0.15) is 18.1 Å². The first-order valence-corrected chi connectivity index (χ1v) is 4.88. The van der Waals surface area contributed by atoms with Crippen molar-refractivity contribution in [1.82, 2.24) is 0 Å². The molecule has 0 saturated carbocycles. The summed E-state index contributed by atoms with van der Waals surface area (Å²) in [5.41, 5.74) is 0.377. The van der Waals surface area contributed by atoms with E-state index in [-0.39, 0.29) is 3.57 Å². The van der Waals surface area contributed by atoms with E-state index in [1.165, 1.54) is 6.07 Å². The fraction of sp³-hybridized carbons (Fsp3) is 0.333. The molecule has 0 unspecified atom stereocenters. The standard InChI is InChI=1S/C9H8F3I/c1-2-6-3-4-7(8(13)5-6)9(10,11)12/h3-5H,2H2,1H3. The van der Waals surface area contributed by atoms with Gasteiger partial charge in [-0.2, -0.15) is 13.2 Å². The Hall–Kier alpha value is -0.260. The normalized spacial score (nSPS) is 11.8. The molecule has 0 aliphatic rings. The van der Waals surface area contributed by atoms with E-state index in [4.69, 9.17) is 0 Å². The molecule has 4 heteroatoms. The van der Waals surface area contributed by atoms with E-state index in [0.29, 0.717) is 0 Å². The van der Waals surface area contributed by atoms with E-state index in [1.807, 2.05) is 6.92 Å². The highest BCUT2D eigenvalue weighted by atomic mass is 127. The highest BCUT2D eigenvalue weighted by Gasteiger charge is 2.32. The molecule has 13 heavy (non-hydrogen) atoms. The summed E-state index contributed by atoms with van der Waals surface area (Å²) in [7, 11) is 0. The molecule has 0 saturated heterocycles. The van der Waals surface area contributed by atoms with Crippen molar-refractivity contribution in [3.8, 4) is 0 Å². The van der Waals surface area contributed by atoms with Crippen molar-refractivity contribution in [2.75, 3.05) is 0 Å². The predicted octanol–water partition coefficient (Wildman–Crippen LogP) is 3.87. The maximum absolute atomic E-state index is 12.3. The van der Waals surface area contributed by atoms with E-state index < -0.39 is 11.7 Å². The van der Waals surface area contributed by atoms with Gasteiger partial charge in [-0.3, -0.25) is 0 Å². The SMILES string of the molecule is CCc1ccc(C(F)(F)F)c(I)c1. The summed E-state index contributed by atoms with van der Waals surface area (Å²) >= 11 is 1.71. The molecule has 0 heterocycles. The molecule has 1 rings (SSSR count). The van der Waals surface area contributed by atoms with Gasteiger partial charge in [0.2, 0.25) is 0 Å². The number of hydrogen-bond acceptors (Lipinski definition) is 0. The molecular formula is C9H8F3I. The Morgan fingerprint density at radius 2 is 1.92 bits per heavy atom. The van der Waals surface area contributed by atoms with E-state index in [0.717, 1.165) is 18.1 Å². The minimum absolute atomic E-state index is 0.268. The molecule has 0 amide bonds. The van der Waals surface area contributed by atoms with Crippen molar-refractivity contribution in [2.24, 2.45) is 0 Å². The third-order valence-corrected chi connectivity index (χ3v) is 2.64. The van der Waals surface area contributed by atoms with Crippen LogP contribution in [0.4, 0.5) is 13.2 Å². The van der Waals surface area contributed by atoms with Gasteiger partial charge in [-0.15, -0.1) is 0 Å². The van der Waals surface area contributed by atoms with E-state index >= 15 is 0 Å². The number of aryl methyl sites for hydroxylation is 1. The Balaban J connectivity index is 3.13. The zero-order chi connectivity index (χ0) is 10.1. The van der Waals surface area contributed by atoms with Gasteiger partial charge in [-0.05, 0) is 46.7 Å². The molecule has 72 valence electrons. The van der Waals surface area contributed by atoms with E-state index in [9.17, 15) is 13.2 Å². The third-order valence-electron chi connectivity index (χ3n) is 1.75. The molecule has 0 atom stereocenters. The average molecular weight is 300 g/mol. The molecule has 1 aromatic rings. The summed E-state index contributed by atoms with van der Waals surface area (Å²) in [4.78, 5) is 0. The van der Waals surface area contributed by atoms with Crippen LogP contribution >= 0.6 is 22.6 Å². The minimum Gasteiger partial charge on any atom is -0.166 e. The Morgan fingerprint density at radius 1 is 1.31 bits per heavy atom. The van der Waals surface area contributed by atoms with Gasteiger partial charge in [-0.1, -0.05) is 13.0 Å². The number of benzene rings is 1. The number of alkyl halides is 3. The Labute approximate surface area is 88.3 Å². The summed E-state index contributed by atoms with van der Waals surface area (Å²) < 4.78 is 37.1. The molecule has 0 N–H and O–H groups in total. The first kappa shape index (κ1) is 10.8. The van der Waals surface area contributed by atoms with Gasteiger partial charge < -0.3 is 0 Å². The van der Waals surface area contributed by atoms with Crippen molar-refractivity contribution in [2.45, 2.75) is 19.5 Å². The van der Waals surface area contributed by atoms with Crippen LogP contribution in [-0.4, -0.2) is 0 Å². The summed E-state index contributed by atoms with van der Waals surface area (Å²) in [6.45, 7) is 1.92. The van der Waals surface area contributed by atoms with Crippen LogP contribution in [0.5, 0.6) is 0 Å². The summed E-state index contributed by atoms with van der Waals surface area (Å²) in [5.74, 6) is 0. The van der Waals surface area contributed by atoms with Crippen molar-refractivity contribution >= 4 is 22.6 Å². The minimum atomic E-state index is -4.23. The quantitative estimate of drug-likeness (QED) is 0.691. The number of rotatable bonds is 1. The molecule has 0 fully saturated rings. The van der Waals surface area contributed by atoms with Crippen molar-refractivity contribution in [1.29, 1.82) is 0 Å². The van der Waals surface area contributed by atoms with Crippen LogP contribution in [0.25, 0.3) is 0 Å². The third kappa shape index (κ3) is 2.59. The van der Waals surface area contributed by atoms with Crippen molar-refractivity contribution < 1.29 is 13.2 Å². The Morgan fingerprint density at radius 3 is 2.31 bits per heavy atom. The first-order valence-electron chi connectivity index (χ1n) is 3.80. The molecule has 0 nitrogen and oxygen atoms in total. The van der Waals surface area contributed by atoms with Gasteiger partial charge >= 0.3 is 6.18 Å². The monoisotopic (exact) mass is 300 g/mol. The fourth-order valence-electron chi connectivity index (χ4n) is 1.01. The topological polar surface area (TPSA) is 0 Å². The maximum atomic E-state index is 12.3. The molecular weight excluding hydrogens is 292 g/mol. The second-order valence-corrected chi connectivity index (χ2v) is 3.83. The van der Waals surface area contributed by atoms with Crippen molar-refractivity contribution in [3.05, 3.63) is 32.9 Å². The van der Waals surface area contributed by atoms with Gasteiger partial charge in [-0.25, -0.2) is 0 Å². The van der Waals surface area contributed by atoms with Gasteiger partial charge in [0.15, 0.2) is 0 Å². The lowest BCUT2D eigenvalue weighted by molar-refractivity contribution is -0.138. The smallest absolute Gasteiger partial charge is 0.166 e. The maximum Gasteiger partial charge on any atom is 0.417 e. The van der Waals surface area contributed by atoms with Crippen LogP contribution in [-0.2, 0) is 12.6 Å². The van der Waals surface area contributed by atoms with Gasteiger partial charge in [0.05, 0.1) is 5.56 Å². The average Bonchev–Trinajstić information content (AvgIpc) is 2.01. The second-order valence-electron chi connectivity index (χ2n) is 2.67. The molecule has 0 aliphatic heterocycles. The van der Waals surface area contributed by atoms with Crippen LogP contribution in [0.3, 0.4) is 0 Å². The van der Waals surface area contributed by atoms with E-state index in [2.05, 4.69) is 0 Å². The zero-order valence-corrected chi connectivity index (χ0v) is 9.11. The number of hydrogen-bond donors (Lipinski definition) is 0. The van der Waals surface area contributed by atoms with Gasteiger partial charge in [0.25, 0.3) is 0 Å². The second kappa shape index (κ2) is 3.86. The fourth-order valence-corrected chi connectivity index (χ4v) is 1.89. The largest absolute Gasteiger partial charge is 0.417 e. The van der Waals surface area contributed by atoms with Crippen LogP contribution < -0.4 is 0 Å². The van der Waals surface area contributed by atoms with Gasteiger partial charge in [0, 0.05) is 3.57 Å². The molecule has 0 radical (unpaired) electrons. The van der Waals surface area contributed by atoms with E-state index in [1.54, 1.807) is 28.7 Å². The lowest BCUT2D eigenvalue weighted by atomic mass is 10.1. The lowest BCUT2D eigenvalue weighted by Gasteiger charge is -2.09.